The second-order valence-corrected chi connectivity index (χ2v) is 5.67. The lowest BCUT2D eigenvalue weighted by Gasteiger charge is -2.28. The van der Waals surface area contributed by atoms with E-state index in [1.165, 1.54) is 6.07 Å². The van der Waals surface area contributed by atoms with E-state index in [0.29, 0.717) is 0 Å². The Morgan fingerprint density at radius 1 is 1.31 bits per heavy atom. The van der Waals surface area contributed by atoms with Crippen LogP contribution in [0.4, 0.5) is 4.39 Å². The van der Waals surface area contributed by atoms with Gasteiger partial charge < -0.3 is 9.47 Å². The third-order valence-corrected chi connectivity index (χ3v) is 4.11. The summed E-state index contributed by atoms with van der Waals surface area (Å²) in [6.07, 6.45) is 3.43. The lowest BCUT2D eigenvalue weighted by molar-refractivity contribution is -0.139. The zero-order chi connectivity index (χ0) is 18.7. The van der Waals surface area contributed by atoms with Crippen molar-refractivity contribution >= 4 is 11.9 Å². The van der Waals surface area contributed by atoms with Gasteiger partial charge in [-0.3, -0.25) is 4.57 Å². The van der Waals surface area contributed by atoms with Gasteiger partial charge in [0.1, 0.15) is 23.2 Å². The first-order chi connectivity index (χ1) is 12.6. The van der Waals surface area contributed by atoms with Gasteiger partial charge in [0.15, 0.2) is 0 Å². The first-order valence-corrected chi connectivity index (χ1v) is 8.16. The normalized spacial score (nSPS) is 16.9. The van der Waals surface area contributed by atoms with Gasteiger partial charge in [0.25, 0.3) is 0 Å². The molecular weight excluding hydrogens is 335 g/mol. The Morgan fingerprint density at radius 2 is 2.00 bits per heavy atom. The molecule has 2 heterocycles. The molecule has 0 spiro atoms. The molecule has 1 aliphatic rings. The molecule has 0 saturated carbocycles. The zero-order valence-corrected chi connectivity index (χ0v) is 14.4. The maximum absolute atomic E-state index is 14.5. The second-order valence-electron chi connectivity index (χ2n) is 5.67. The molecule has 0 fully saturated rings. The molecule has 2 aromatic rings. The highest BCUT2D eigenvalue weighted by Crippen LogP contribution is 2.42. The average molecular weight is 352 g/mol. The Morgan fingerprint density at radius 3 is 2.62 bits per heavy atom. The Hall–Kier alpha value is -3.33. The van der Waals surface area contributed by atoms with Crippen LogP contribution in [0.3, 0.4) is 0 Å². The van der Waals surface area contributed by atoms with Crippen LogP contribution in [0.25, 0.3) is 5.88 Å². The fraction of sp³-hybridized carbons (Fsp3) is 0.200. The number of hydrogen-bond acceptors (Lipinski definition) is 4. The topological polar surface area (TPSA) is 64.2 Å². The number of aromatic nitrogens is 1. The molecule has 132 valence electrons. The van der Waals surface area contributed by atoms with E-state index in [9.17, 15) is 14.4 Å². The summed E-state index contributed by atoms with van der Waals surface area (Å²) in [7, 11) is 0. The highest BCUT2D eigenvalue weighted by molar-refractivity contribution is 5.93. The molecule has 0 radical (unpaired) electrons. The first kappa shape index (κ1) is 17.5. The molecule has 1 aliphatic heterocycles. The Labute approximate surface area is 150 Å². The maximum atomic E-state index is 14.5. The zero-order valence-electron chi connectivity index (χ0n) is 14.4. The van der Waals surface area contributed by atoms with Crippen LogP contribution < -0.4 is 0 Å². The molecule has 26 heavy (non-hydrogen) atoms. The van der Waals surface area contributed by atoms with Crippen LogP contribution >= 0.6 is 0 Å². The van der Waals surface area contributed by atoms with Crippen molar-refractivity contribution in [1.82, 2.24) is 4.57 Å². The lowest BCUT2D eigenvalue weighted by atomic mass is 9.82. The van der Waals surface area contributed by atoms with Crippen LogP contribution in [0.5, 0.6) is 0 Å². The molecule has 1 aromatic carbocycles. The Bertz CT molecular complexity index is 936. The summed E-state index contributed by atoms with van der Waals surface area (Å²) in [5.74, 6) is -1.52. The fourth-order valence-electron chi connectivity index (χ4n) is 2.99. The summed E-state index contributed by atoms with van der Waals surface area (Å²) in [5, 5.41) is 9.80. The Kier molecular flexibility index (Phi) is 4.90. The molecule has 1 aromatic heterocycles. The molecule has 3 rings (SSSR count). The number of halogens is 1. The highest BCUT2D eigenvalue weighted by atomic mass is 19.1. The number of nitrogens with zero attached hydrogens (tertiary/aromatic N) is 2. The molecule has 6 heteroatoms. The van der Waals surface area contributed by atoms with Crippen LogP contribution in [0.2, 0.25) is 0 Å². The molecule has 0 N–H and O–H groups in total. The highest BCUT2D eigenvalue weighted by Gasteiger charge is 2.38. The van der Waals surface area contributed by atoms with Crippen molar-refractivity contribution < 1.29 is 18.7 Å². The molecule has 0 aliphatic carbocycles. The largest absolute Gasteiger partial charge is 0.463 e. The van der Waals surface area contributed by atoms with Crippen molar-refractivity contribution in [2.24, 2.45) is 0 Å². The van der Waals surface area contributed by atoms with E-state index < -0.39 is 17.7 Å². The molecule has 0 unspecified atom stereocenters. The van der Waals surface area contributed by atoms with Crippen LogP contribution in [0, 0.1) is 17.1 Å². The summed E-state index contributed by atoms with van der Waals surface area (Å²) in [6, 6.07) is 11.7. The van der Waals surface area contributed by atoms with Crippen molar-refractivity contribution in [3.05, 3.63) is 77.1 Å². The monoisotopic (exact) mass is 352 g/mol. The second kappa shape index (κ2) is 7.28. The van der Waals surface area contributed by atoms with Gasteiger partial charge in [-0.05, 0) is 32.0 Å². The minimum Gasteiger partial charge on any atom is -0.463 e. The van der Waals surface area contributed by atoms with Crippen molar-refractivity contribution in [1.29, 1.82) is 5.26 Å². The van der Waals surface area contributed by atoms with Gasteiger partial charge in [-0.15, -0.1) is 0 Å². The van der Waals surface area contributed by atoms with E-state index in [-0.39, 0.29) is 35.0 Å². The molecule has 0 bridgehead atoms. The minimum atomic E-state index is -0.911. The number of carbonyl (C=O) groups excluding carboxylic acids is 1. The summed E-state index contributed by atoms with van der Waals surface area (Å²) in [6.45, 7) is 3.45. The number of esters is 1. The van der Waals surface area contributed by atoms with Crippen molar-refractivity contribution in [3.8, 4) is 6.07 Å². The number of allylic oxidation sites excluding steroid dienone is 2. The summed E-state index contributed by atoms with van der Waals surface area (Å²) < 4.78 is 27.1. The van der Waals surface area contributed by atoms with Gasteiger partial charge in [-0.25, -0.2) is 9.18 Å². The number of hydrogen-bond donors (Lipinski definition) is 0. The van der Waals surface area contributed by atoms with Crippen molar-refractivity contribution in [2.45, 2.75) is 19.8 Å². The first-order valence-electron chi connectivity index (χ1n) is 8.16. The number of nitriles is 1. The summed E-state index contributed by atoms with van der Waals surface area (Å²) in [5.41, 5.74) is 0.490. The molecule has 0 saturated heterocycles. The van der Waals surface area contributed by atoms with Gasteiger partial charge in [0, 0.05) is 18.0 Å². The average Bonchev–Trinajstić information content (AvgIpc) is 3.16. The van der Waals surface area contributed by atoms with Gasteiger partial charge >= 0.3 is 5.97 Å². The summed E-state index contributed by atoms with van der Waals surface area (Å²) in [4.78, 5) is 12.5. The van der Waals surface area contributed by atoms with Gasteiger partial charge in [0.05, 0.1) is 18.1 Å². The lowest BCUT2D eigenvalue weighted by Crippen LogP contribution is -2.24. The molecule has 1 atom stereocenters. The maximum Gasteiger partial charge on any atom is 0.338 e. The van der Waals surface area contributed by atoms with Gasteiger partial charge in [-0.2, -0.15) is 5.26 Å². The third kappa shape index (κ3) is 3.00. The molecular formula is C20H17FN2O3. The molecule has 0 amide bonds. The fourth-order valence-corrected chi connectivity index (χ4v) is 2.99. The standard InChI is InChI=1S/C20H17FN2O3/c1-3-25-20(24)17-13(2)26-19(23-10-6-7-11-23)15(12-22)18(17)14-8-4-5-9-16(14)21/h4-11,18H,3H2,1-2H3/t18-/m0/s1. The predicted octanol–water partition coefficient (Wildman–Crippen LogP) is 3.97. The minimum absolute atomic E-state index is 0.129. The van der Waals surface area contributed by atoms with E-state index in [2.05, 4.69) is 6.07 Å². The summed E-state index contributed by atoms with van der Waals surface area (Å²) >= 11 is 0. The van der Waals surface area contributed by atoms with E-state index >= 15 is 0 Å². The van der Waals surface area contributed by atoms with Gasteiger partial charge in [0.2, 0.25) is 5.88 Å². The van der Waals surface area contributed by atoms with E-state index in [1.807, 2.05) is 0 Å². The number of carbonyl (C=O) groups is 1. The van der Waals surface area contributed by atoms with Crippen LogP contribution in [-0.4, -0.2) is 17.1 Å². The molecule has 5 nitrogen and oxygen atoms in total. The Balaban J connectivity index is 2.25. The van der Waals surface area contributed by atoms with Crippen molar-refractivity contribution in [3.63, 3.8) is 0 Å². The third-order valence-electron chi connectivity index (χ3n) is 4.11. The number of ether oxygens (including phenoxy) is 2. The quantitative estimate of drug-likeness (QED) is 0.781. The van der Waals surface area contributed by atoms with E-state index in [0.717, 1.165) is 0 Å². The smallest absolute Gasteiger partial charge is 0.338 e. The van der Waals surface area contributed by atoms with E-state index in [1.54, 1.807) is 61.1 Å². The van der Waals surface area contributed by atoms with Crippen LogP contribution in [0.1, 0.15) is 25.3 Å². The predicted molar refractivity (Wildman–Crippen MR) is 92.8 cm³/mol. The SMILES string of the molecule is CCOC(=O)C1=C(C)OC(n2cccc2)=C(C#N)[C@@H]1c1ccccc1F. The van der Waals surface area contributed by atoms with Crippen LogP contribution in [0.15, 0.2) is 65.7 Å². The number of benzene rings is 1. The van der Waals surface area contributed by atoms with Crippen molar-refractivity contribution in [2.75, 3.05) is 6.61 Å². The van der Waals surface area contributed by atoms with E-state index in [4.69, 9.17) is 9.47 Å². The number of rotatable bonds is 4. The van der Waals surface area contributed by atoms with Crippen LogP contribution in [-0.2, 0) is 14.3 Å². The van der Waals surface area contributed by atoms with Gasteiger partial charge in [-0.1, -0.05) is 18.2 Å².